The van der Waals surface area contributed by atoms with E-state index in [9.17, 15) is 5.11 Å². The number of fused-ring (bicyclic) bond motifs is 1. The van der Waals surface area contributed by atoms with Gasteiger partial charge in [0.1, 0.15) is 23.8 Å². The topological polar surface area (TPSA) is 63.7 Å². The Morgan fingerprint density at radius 3 is 2.78 bits per heavy atom. The third kappa shape index (κ3) is 4.42. The van der Waals surface area contributed by atoms with Crippen LogP contribution in [0.15, 0.2) is 65.3 Å². The third-order valence-electron chi connectivity index (χ3n) is 6.28. The molecule has 0 amide bonds. The van der Waals surface area contributed by atoms with Crippen molar-refractivity contribution in [2.75, 3.05) is 13.2 Å². The van der Waals surface area contributed by atoms with E-state index in [1.54, 1.807) is 0 Å². The van der Waals surface area contributed by atoms with Gasteiger partial charge in [-0.15, -0.1) is 0 Å². The number of likely N-dealkylation sites (tertiary alicyclic amines) is 1. The van der Waals surface area contributed by atoms with Crippen molar-refractivity contribution in [3.05, 3.63) is 83.4 Å². The molecule has 6 nitrogen and oxygen atoms in total. The van der Waals surface area contributed by atoms with Gasteiger partial charge in [0.05, 0.1) is 6.61 Å². The lowest BCUT2D eigenvalue weighted by atomic mass is 10.1. The van der Waals surface area contributed by atoms with Gasteiger partial charge in [-0.2, -0.15) is 0 Å². The van der Waals surface area contributed by atoms with Crippen LogP contribution in [0.2, 0.25) is 0 Å². The molecule has 5 rings (SSSR count). The zero-order valence-electron chi connectivity index (χ0n) is 18.4. The first-order valence-corrected chi connectivity index (χ1v) is 11.2. The second kappa shape index (κ2) is 9.18. The summed E-state index contributed by atoms with van der Waals surface area (Å²) in [6.07, 6.45) is 4.46. The second-order valence-corrected chi connectivity index (χ2v) is 8.61. The normalized spacial score (nSPS) is 16.8. The molecule has 32 heavy (non-hydrogen) atoms. The molecule has 0 bridgehead atoms. The molecule has 6 heteroatoms. The highest BCUT2D eigenvalue weighted by atomic mass is 16.5. The lowest BCUT2D eigenvalue weighted by molar-refractivity contribution is 0.154. The molecule has 1 fully saturated rings. The summed E-state index contributed by atoms with van der Waals surface area (Å²) >= 11 is 0. The maximum Gasteiger partial charge on any atom is 0.134 e. The van der Waals surface area contributed by atoms with Crippen molar-refractivity contribution >= 4 is 10.9 Å². The first-order valence-electron chi connectivity index (χ1n) is 11.2. The molecule has 4 aromatic rings. The largest absolute Gasteiger partial charge is 0.487 e. The molecule has 0 radical (unpaired) electrons. The number of aliphatic hydroxyl groups excluding tert-OH is 1. The minimum atomic E-state index is 0.216. The number of nitrogens with zero attached hydrogens (tertiary/aromatic N) is 3. The third-order valence-corrected chi connectivity index (χ3v) is 6.28. The molecule has 0 saturated carbocycles. The molecule has 1 atom stereocenters. The lowest BCUT2D eigenvalue weighted by Crippen LogP contribution is -2.31. The highest BCUT2D eigenvalue weighted by molar-refractivity contribution is 5.85. The summed E-state index contributed by atoms with van der Waals surface area (Å²) in [7, 11) is 0. The van der Waals surface area contributed by atoms with Gasteiger partial charge in [0, 0.05) is 42.3 Å². The lowest BCUT2D eigenvalue weighted by Gasteiger charge is -2.22. The zero-order valence-corrected chi connectivity index (χ0v) is 18.4. The van der Waals surface area contributed by atoms with E-state index in [0.717, 1.165) is 49.7 Å². The molecule has 166 valence electrons. The molecule has 1 aliphatic heterocycles. The summed E-state index contributed by atoms with van der Waals surface area (Å²) in [5, 5.41) is 15.0. The summed E-state index contributed by atoms with van der Waals surface area (Å²) in [4.78, 5) is 2.40. The summed E-state index contributed by atoms with van der Waals surface area (Å²) in [6, 6.07) is 18.9. The van der Waals surface area contributed by atoms with Gasteiger partial charge in [0.2, 0.25) is 0 Å². The Morgan fingerprint density at radius 1 is 1.12 bits per heavy atom. The molecule has 0 aliphatic carbocycles. The minimum absolute atomic E-state index is 0.216. The van der Waals surface area contributed by atoms with Crippen LogP contribution in [-0.2, 0) is 19.7 Å². The van der Waals surface area contributed by atoms with Gasteiger partial charge in [-0.3, -0.25) is 4.90 Å². The van der Waals surface area contributed by atoms with Gasteiger partial charge in [-0.1, -0.05) is 35.5 Å². The van der Waals surface area contributed by atoms with Gasteiger partial charge >= 0.3 is 0 Å². The Balaban J connectivity index is 1.45. The second-order valence-electron chi connectivity index (χ2n) is 8.61. The van der Waals surface area contributed by atoms with Crippen LogP contribution in [0.25, 0.3) is 10.9 Å². The average molecular weight is 432 g/mol. The van der Waals surface area contributed by atoms with Gasteiger partial charge < -0.3 is 18.9 Å². The Hall–Kier alpha value is -3.09. The van der Waals surface area contributed by atoms with Crippen LogP contribution < -0.4 is 4.74 Å². The van der Waals surface area contributed by atoms with Crippen LogP contribution in [0, 0.1) is 6.92 Å². The molecule has 3 heterocycles. The van der Waals surface area contributed by atoms with E-state index >= 15 is 0 Å². The number of aryl methyl sites for hydroxylation is 1. The van der Waals surface area contributed by atoms with Crippen molar-refractivity contribution in [3.8, 4) is 5.75 Å². The first-order chi connectivity index (χ1) is 15.7. The molecule has 2 aromatic carbocycles. The molecular weight excluding hydrogens is 402 g/mol. The van der Waals surface area contributed by atoms with Crippen molar-refractivity contribution in [1.82, 2.24) is 14.6 Å². The van der Waals surface area contributed by atoms with Gasteiger partial charge in [0.15, 0.2) is 0 Å². The molecule has 0 spiro atoms. The van der Waals surface area contributed by atoms with Crippen LogP contribution >= 0.6 is 0 Å². The fourth-order valence-corrected chi connectivity index (χ4v) is 4.65. The number of hydrogen-bond acceptors (Lipinski definition) is 5. The predicted octanol–water partition coefficient (Wildman–Crippen LogP) is 4.52. The smallest absolute Gasteiger partial charge is 0.134 e. The highest BCUT2D eigenvalue weighted by Crippen LogP contribution is 2.30. The first kappa shape index (κ1) is 20.8. The van der Waals surface area contributed by atoms with Crippen LogP contribution in [-0.4, -0.2) is 38.9 Å². The average Bonchev–Trinajstić information content (AvgIpc) is 3.53. The Morgan fingerprint density at radius 2 is 2.00 bits per heavy atom. The number of ether oxygens (including phenoxy) is 1. The Labute approximate surface area is 188 Å². The molecule has 2 aromatic heterocycles. The standard InChI is InChI=1S/C26H29N3O3/c1-19-12-22(27-32-19)18-31-24-9-10-26-25(13-24)21(15-28-11-5-8-23(28)17-30)16-29(26)14-20-6-3-2-4-7-20/h2-4,6-7,9-10,12-13,16,23,30H,5,8,11,14-15,17-18H2,1H3/t23-/m0/s1. The fourth-order valence-electron chi connectivity index (χ4n) is 4.65. The monoisotopic (exact) mass is 431 g/mol. The van der Waals surface area contributed by atoms with E-state index in [1.165, 1.54) is 22.0 Å². The van der Waals surface area contributed by atoms with Crippen molar-refractivity contribution in [2.24, 2.45) is 0 Å². The van der Waals surface area contributed by atoms with Crippen LogP contribution in [0.1, 0.15) is 35.4 Å². The Kier molecular flexibility index (Phi) is 5.97. The molecule has 0 unspecified atom stereocenters. The predicted molar refractivity (Wildman–Crippen MR) is 124 cm³/mol. The molecular formula is C26H29N3O3. The quantitative estimate of drug-likeness (QED) is 0.444. The van der Waals surface area contributed by atoms with Crippen molar-refractivity contribution in [2.45, 2.75) is 45.5 Å². The molecule has 1 saturated heterocycles. The Bertz CT molecular complexity index is 1180. The van der Waals surface area contributed by atoms with E-state index < -0.39 is 0 Å². The van der Waals surface area contributed by atoms with E-state index in [4.69, 9.17) is 9.26 Å². The van der Waals surface area contributed by atoms with E-state index in [0.29, 0.717) is 6.61 Å². The maximum absolute atomic E-state index is 9.77. The number of rotatable bonds is 8. The number of hydrogen-bond donors (Lipinski definition) is 1. The number of benzene rings is 2. The highest BCUT2D eigenvalue weighted by Gasteiger charge is 2.25. The van der Waals surface area contributed by atoms with Crippen molar-refractivity contribution in [1.29, 1.82) is 0 Å². The van der Waals surface area contributed by atoms with Crippen LogP contribution in [0.5, 0.6) is 5.75 Å². The van der Waals surface area contributed by atoms with E-state index in [1.807, 2.05) is 25.1 Å². The summed E-state index contributed by atoms with van der Waals surface area (Å²) in [5.74, 6) is 1.60. The number of aliphatic hydroxyl groups is 1. The number of aromatic nitrogens is 2. The van der Waals surface area contributed by atoms with Crippen LogP contribution in [0.3, 0.4) is 0 Å². The zero-order chi connectivity index (χ0) is 21.9. The van der Waals surface area contributed by atoms with Crippen LogP contribution in [0.4, 0.5) is 0 Å². The van der Waals surface area contributed by atoms with Gasteiger partial charge in [0.25, 0.3) is 0 Å². The minimum Gasteiger partial charge on any atom is -0.487 e. The van der Waals surface area contributed by atoms with Crippen molar-refractivity contribution in [3.63, 3.8) is 0 Å². The molecule has 1 N–H and O–H groups in total. The van der Waals surface area contributed by atoms with Gasteiger partial charge in [-0.05, 0) is 55.6 Å². The van der Waals surface area contributed by atoms with E-state index in [-0.39, 0.29) is 12.6 Å². The van der Waals surface area contributed by atoms with Crippen molar-refractivity contribution < 1.29 is 14.4 Å². The van der Waals surface area contributed by atoms with Gasteiger partial charge in [-0.25, -0.2) is 0 Å². The molecule has 1 aliphatic rings. The van der Waals surface area contributed by atoms with E-state index in [2.05, 4.69) is 57.2 Å². The summed E-state index contributed by atoms with van der Waals surface area (Å²) < 4.78 is 13.5. The maximum atomic E-state index is 9.77. The summed E-state index contributed by atoms with van der Waals surface area (Å²) in [5.41, 5.74) is 4.51. The fraction of sp³-hybridized carbons (Fsp3) is 0.346. The SMILES string of the molecule is Cc1cc(COc2ccc3c(c2)c(CN2CCC[C@H]2CO)cn3Cc2ccccc2)no1. The summed E-state index contributed by atoms with van der Waals surface area (Å²) in [6.45, 7) is 5.14.